The molecule has 1 aliphatic heterocycles. The van der Waals surface area contributed by atoms with E-state index in [1.165, 1.54) is 55.4 Å². The number of hydrogen-bond donors (Lipinski definition) is 0. The normalized spacial score (nSPS) is 20.0. The number of nitrogens with zero attached hydrogens (tertiary/aromatic N) is 5. The van der Waals surface area contributed by atoms with Gasteiger partial charge in [-0.15, -0.1) is 16.4 Å². The summed E-state index contributed by atoms with van der Waals surface area (Å²) in [7, 11) is 1.69. The zero-order valence-corrected chi connectivity index (χ0v) is 19.1. The summed E-state index contributed by atoms with van der Waals surface area (Å²) < 4.78 is 7.28. The Bertz CT molecular complexity index is 957. The van der Waals surface area contributed by atoms with Gasteiger partial charge in [-0.2, -0.15) is 0 Å². The lowest BCUT2D eigenvalue weighted by atomic mass is 9.69. The van der Waals surface area contributed by atoms with Crippen LogP contribution in [0.3, 0.4) is 0 Å². The van der Waals surface area contributed by atoms with Crippen LogP contribution in [0.2, 0.25) is 0 Å². The van der Waals surface area contributed by atoms with Gasteiger partial charge in [0.2, 0.25) is 0 Å². The van der Waals surface area contributed by atoms with Crippen LogP contribution in [0.15, 0.2) is 41.8 Å². The Morgan fingerprint density at radius 1 is 1.06 bits per heavy atom. The predicted molar refractivity (Wildman–Crippen MR) is 122 cm³/mol. The first-order valence-corrected chi connectivity index (χ1v) is 12.3. The van der Waals surface area contributed by atoms with Gasteiger partial charge in [0.05, 0.1) is 13.7 Å². The smallest absolute Gasteiger partial charge is 0.174 e. The third-order valence-electron chi connectivity index (χ3n) is 7.08. The van der Waals surface area contributed by atoms with E-state index in [1.807, 2.05) is 28.2 Å². The van der Waals surface area contributed by atoms with E-state index in [4.69, 9.17) is 4.74 Å². The molecular formula is C24H31N5OS. The van der Waals surface area contributed by atoms with Crippen LogP contribution in [0.25, 0.3) is 0 Å². The number of piperidine rings is 1. The maximum absolute atomic E-state index is 5.30. The van der Waals surface area contributed by atoms with Gasteiger partial charge in [0.25, 0.3) is 0 Å². The van der Waals surface area contributed by atoms with Crippen LogP contribution in [-0.2, 0) is 6.54 Å². The average Bonchev–Trinajstić information content (AvgIpc) is 3.49. The lowest BCUT2D eigenvalue weighted by Gasteiger charge is -2.47. The van der Waals surface area contributed by atoms with Gasteiger partial charge in [-0.25, -0.2) is 4.68 Å². The van der Waals surface area contributed by atoms with E-state index >= 15 is 0 Å². The molecule has 0 bridgehead atoms. The predicted octanol–water partition coefficient (Wildman–Crippen LogP) is 4.93. The molecule has 2 fully saturated rings. The highest BCUT2D eigenvalue weighted by Gasteiger charge is 2.40. The van der Waals surface area contributed by atoms with Crippen LogP contribution >= 0.6 is 11.3 Å². The van der Waals surface area contributed by atoms with E-state index in [2.05, 4.69) is 50.1 Å². The molecule has 31 heavy (non-hydrogen) atoms. The molecule has 0 amide bonds. The van der Waals surface area contributed by atoms with Crippen LogP contribution in [0.1, 0.15) is 67.3 Å². The van der Waals surface area contributed by atoms with E-state index in [1.54, 1.807) is 7.11 Å². The molecule has 1 unspecified atom stereocenters. The molecule has 2 aromatic heterocycles. The number of thiophene rings is 1. The summed E-state index contributed by atoms with van der Waals surface area (Å²) in [5, 5.41) is 15.2. The summed E-state index contributed by atoms with van der Waals surface area (Å²) in [5.41, 5.74) is 1.65. The fourth-order valence-corrected chi connectivity index (χ4v) is 6.37. The van der Waals surface area contributed by atoms with Crippen molar-refractivity contribution in [1.82, 2.24) is 25.1 Å². The van der Waals surface area contributed by atoms with E-state index in [0.29, 0.717) is 12.0 Å². The van der Waals surface area contributed by atoms with E-state index in [-0.39, 0.29) is 6.04 Å². The average molecular weight is 438 g/mol. The SMILES string of the molecule is COc1ccc(Cn2nnnc2C(c2cccs2)N2CCCC3(CCCCC3)C2)cc1. The molecule has 164 valence electrons. The first-order valence-electron chi connectivity index (χ1n) is 11.4. The highest BCUT2D eigenvalue weighted by atomic mass is 32.1. The molecule has 1 spiro atoms. The van der Waals surface area contributed by atoms with Gasteiger partial charge in [-0.1, -0.05) is 37.5 Å². The van der Waals surface area contributed by atoms with Crippen molar-refractivity contribution in [2.45, 2.75) is 57.5 Å². The molecule has 0 radical (unpaired) electrons. The zero-order chi connectivity index (χ0) is 21.1. The van der Waals surface area contributed by atoms with E-state index in [0.717, 1.165) is 24.7 Å². The fourth-order valence-electron chi connectivity index (χ4n) is 5.52. The standard InChI is InChI=1S/C24H31N5OS/c1-30-20-10-8-19(9-11-20)17-29-23(25-26-27-29)22(21-7-5-16-31-21)28-15-6-14-24(18-28)12-3-2-4-13-24/h5,7-11,16,22H,2-4,6,12-15,17-18H2,1H3. The van der Waals surface area contributed by atoms with Crippen molar-refractivity contribution in [3.63, 3.8) is 0 Å². The highest BCUT2D eigenvalue weighted by molar-refractivity contribution is 7.10. The Hall–Kier alpha value is -2.25. The number of methoxy groups -OCH3 is 1. The Labute approximate surface area is 188 Å². The van der Waals surface area contributed by atoms with Crippen LogP contribution in [-0.4, -0.2) is 45.3 Å². The van der Waals surface area contributed by atoms with Crippen molar-refractivity contribution in [2.24, 2.45) is 5.41 Å². The molecule has 1 saturated heterocycles. The van der Waals surface area contributed by atoms with Crippen molar-refractivity contribution in [3.05, 3.63) is 58.0 Å². The minimum atomic E-state index is 0.118. The molecule has 5 rings (SSSR count). The van der Waals surface area contributed by atoms with Gasteiger partial charge < -0.3 is 4.74 Å². The summed E-state index contributed by atoms with van der Waals surface area (Å²) in [6, 6.07) is 12.7. The van der Waals surface area contributed by atoms with Gasteiger partial charge in [0, 0.05) is 11.4 Å². The largest absolute Gasteiger partial charge is 0.497 e. The second-order valence-corrected chi connectivity index (χ2v) is 10.1. The van der Waals surface area contributed by atoms with Crippen molar-refractivity contribution in [3.8, 4) is 5.75 Å². The van der Waals surface area contributed by atoms with Gasteiger partial charge >= 0.3 is 0 Å². The number of likely N-dealkylation sites (tertiary alicyclic amines) is 1. The molecule has 7 heteroatoms. The van der Waals surface area contributed by atoms with Crippen LogP contribution in [0.4, 0.5) is 0 Å². The van der Waals surface area contributed by atoms with Crippen molar-refractivity contribution >= 4 is 11.3 Å². The number of benzene rings is 1. The third kappa shape index (κ3) is 4.39. The van der Waals surface area contributed by atoms with Crippen molar-refractivity contribution < 1.29 is 4.74 Å². The molecule has 1 saturated carbocycles. The summed E-state index contributed by atoms with van der Waals surface area (Å²) in [6.07, 6.45) is 9.55. The zero-order valence-electron chi connectivity index (χ0n) is 18.2. The summed E-state index contributed by atoms with van der Waals surface area (Å²) >= 11 is 1.81. The van der Waals surface area contributed by atoms with Gasteiger partial charge in [0.1, 0.15) is 11.8 Å². The summed E-state index contributed by atoms with van der Waals surface area (Å²) in [4.78, 5) is 4.00. The molecule has 2 aliphatic rings. The molecule has 0 N–H and O–H groups in total. The van der Waals surface area contributed by atoms with Gasteiger partial charge in [-0.05, 0) is 77.2 Å². The number of tetrazole rings is 1. The molecule has 6 nitrogen and oxygen atoms in total. The second-order valence-electron chi connectivity index (χ2n) is 9.10. The first kappa shape index (κ1) is 20.6. The van der Waals surface area contributed by atoms with Crippen LogP contribution < -0.4 is 4.74 Å². The Balaban J connectivity index is 1.44. The Kier molecular flexibility index (Phi) is 6.05. The monoisotopic (exact) mass is 437 g/mol. The van der Waals surface area contributed by atoms with Crippen molar-refractivity contribution in [1.29, 1.82) is 0 Å². The van der Waals surface area contributed by atoms with E-state index < -0.39 is 0 Å². The second kappa shape index (κ2) is 9.09. The maximum Gasteiger partial charge on any atom is 0.174 e. The topological polar surface area (TPSA) is 56.1 Å². The lowest BCUT2D eigenvalue weighted by Crippen LogP contribution is -2.46. The lowest BCUT2D eigenvalue weighted by molar-refractivity contribution is 0.0350. The fraction of sp³-hybridized carbons (Fsp3) is 0.542. The number of hydrogen-bond acceptors (Lipinski definition) is 6. The summed E-state index contributed by atoms with van der Waals surface area (Å²) in [6.45, 7) is 2.93. The molecular weight excluding hydrogens is 406 g/mol. The molecule has 1 atom stereocenters. The maximum atomic E-state index is 5.30. The minimum Gasteiger partial charge on any atom is -0.497 e. The Morgan fingerprint density at radius 3 is 2.61 bits per heavy atom. The van der Waals surface area contributed by atoms with E-state index in [9.17, 15) is 0 Å². The third-order valence-corrected chi connectivity index (χ3v) is 8.00. The summed E-state index contributed by atoms with van der Waals surface area (Å²) in [5.74, 6) is 1.81. The first-order chi connectivity index (χ1) is 15.3. The number of ether oxygens (including phenoxy) is 1. The van der Waals surface area contributed by atoms with Crippen LogP contribution in [0, 0.1) is 5.41 Å². The number of rotatable bonds is 6. The highest BCUT2D eigenvalue weighted by Crippen LogP contribution is 2.46. The molecule has 1 aliphatic carbocycles. The minimum absolute atomic E-state index is 0.118. The number of aromatic nitrogens is 4. The van der Waals surface area contributed by atoms with Gasteiger partial charge in [0.15, 0.2) is 5.82 Å². The quantitative estimate of drug-likeness (QED) is 0.547. The molecule has 3 aromatic rings. The molecule has 3 heterocycles. The molecule has 1 aromatic carbocycles. The van der Waals surface area contributed by atoms with Crippen LogP contribution in [0.5, 0.6) is 5.75 Å². The Morgan fingerprint density at radius 2 is 1.87 bits per heavy atom. The van der Waals surface area contributed by atoms with Gasteiger partial charge in [-0.3, -0.25) is 4.90 Å². The van der Waals surface area contributed by atoms with Crippen molar-refractivity contribution in [2.75, 3.05) is 20.2 Å².